The molecule has 2 aromatic rings. The Balaban J connectivity index is 1.51. The highest BCUT2D eigenvalue weighted by atomic mass is 32.1. The minimum atomic E-state index is -4.83. The van der Waals surface area contributed by atoms with Crippen LogP contribution in [0.3, 0.4) is 0 Å². The molecular weight excluding hydrogens is 548 g/mol. The maximum Gasteiger partial charge on any atom is 0.419 e. The van der Waals surface area contributed by atoms with Gasteiger partial charge in [-0.15, -0.1) is 0 Å². The lowest BCUT2D eigenvalue weighted by Crippen LogP contribution is -2.63. The second kappa shape index (κ2) is 12.0. The number of thiocarbonyl (C=S) groups is 1. The first kappa shape index (κ1) is 29.6. The van der Waals surface area contributed by atoms with Crippen molar-refractivity contribution < 1.29 is 27.1 Å². The number of halogens is 4. The molecule has 40 heavy (non-hydrogen) atoms. The molecule has 0 spiro atoms. The third-order valence-electron chi connectivity index (χ3n) is 7.57. The highest BCUT2D eigenvalue weighted by molar-refractivity contribution is 7.79. The number of amides is 1. The molecule has 0 atom stereocenters. The lowest BCUT2D eigenvalue weighted by Gasteiger charge is -2.49. The molecule has 1 aliphatic carbocycles. The summed E-state index contributed by atoms with van der Waals surface area (Å²) in [4.78, 5) is 24.3. The van der Waals surface area contributed by atoms with Crippen molar-refractivity contribution in [1.29, 1.82) is 5.26 Å². The number of pyridine rings is 1. The van der Waals surface area contributed by atoms with E-state index in [0.717, 1.165) is 37.3 Å². The number of piperazine rings is 1. The Bertz CT molecular complexity index is 1290. The lowest BCUT2D eigenvalue weighted by atomic mass is 9.74. The van der Waals surface area contributed by atoms with Crippen LogP contribution in [0.5, 0.6) is 5.75 Å². The molecule has 8 nitrogen and oxygen atoms in total. The predicted molar refractivity (Wildman–Crippen MR) is 146 cm³/mol. The van der Waals surface area contributed by atoms with E-state index in [0.29, 0.717) is 44.2 Å². The highest BCUT2D eigenvalue weighted by Crippen LogP contribution is 2.43. The number of alkyl halides is 3. The molecule has 1 amide bonds. The molecular formula is C27H30F4N6O2S. The third kappa shape index (κ3) is 6.04. The summed E-state index contributed by atoms with van der Waals surface area (Å²) in [6, 6.07) is 6.47. The van der Waals surface area contributed by atoms with Crippen LogP contribution in [-0.4, -0.2) is 85.1 Å². The van der Waals surface area contributed by atoms with E-state index in [1.807, 2.05) is 0 Å². The van der Waals surface area contributed by atoms with Crippen LogP contribution >= 0.6 is 12.2 Å². The summed E-state index contributed by atoms with van der Waals surface area (Å²) in [6.45, 7) is 4.96. The van der Waals surface area contributed by atoms with E-state index >= 15 is 4.39 Å². The highest BCUT2D eigenvalue weighted by Gasteiger charge is 2.51. The van der Waals surface area contributed by atoms with Gasteiger partial charge in [0.15, 0.2) is 11.5 Å². The van der Waals surface area contributed by atoms with Gasteiger partial charge in [-0.3, -0.25) is 9.69 Å². The average Bonchev–Trinajstić information content (AvgIpc) is 2.90. The van der Waals surface area contributed by atoms with Gasteiger partial charge in [0.2, 0.25) is 0 Å². The summed E-state index contributed by atoms with van der Waals surface area (Å²) >= 11 is 5.20. The van der Waals surface area contributed by atoms with Crippen molar-refractivity contribution in [2.24, 2.45) is 0 Å². The second-order valence-electron chi connectivity index (χ2n) is 10.0. The fraction of sp³-hybridized carbons (Fsp3) is 0.481. The van der Waals surface area contributed by atoms with Gasteiger partial charge in [-0.25, -0.2) is 9.37 Å². The molecule has 4 rings (SSSR count). The zero-order chi connectivity index (χ0) is 29.1. The first-order chi connectivity index (χ1) is 19.0. The maximum atomic E-state index is 15.4. The molecule has 2 fully saturated rings. The van der Waals surface area contributed by atoms with Crippen molar-refractivity contribution in [3.05, 3.63) is 47.5 Å². The normalized spacial score (nSPS) is 17.4. The van der Waals surface area contributed by atoms with E-state index in [1.165, 1.54) is 35.6 Å². The number of aromatic nitrogens is 1. The van der Waals surface area contributed by atoms with E-state index in [4.69, 9.17) is 22.2 Å². The number of benzene rings is 1. The van der Waals surface area contributed by atoms with E-state index in [9.17, 15) is 18.0 Å². The fourth-order valence-electron chi connectivity index (χ4n) is 4.97. The summed E-state index contributed by atoms with van der Waals surface area (Å²) in [5.41, 5.74) is -2.20. The minimum absolute atomic E-state index is 0.0665. The van der Waals surface area contributed by atoms with Crippen LogP contribution in [0, 0.1) is 17.1 Å². The fourth-order valence-corrected chi connectivity index (χ4v) is 5.28. The molecule has 13 heteroatoms. The van der Waals surface area contributed by atoms with Crippen LogP contribution in [0.25, 0.3) is 0 Å². The van der Waals surface area contributed by atoms with Gasteiger partial charge in [-0.05, 0) is 44.5 Å². The molecule has 0 bridgehead atoms. The van der Waals surface area contributed by atoms with Gasteiger partial charge in [-0.2, -0.15) is 18.4 Å². The van der Waals surface area contributed by atoms with E-state index < -0.39 is 34.7 Å². The van der Waals surface area contributed by atoms with Crippen LogP contribution in [0.4, 0.5) is 28.9 Å². The number of carbonyl (C=O) groups excluding carboxylic acids is 1. The van der Waals surface area contributed by atoms with Gasteiger partial charge in [0, 0.05) is 45.8 Å². The monoisotopic (exact) mass is 578 g/mol. The van der Waals surface area contributed by atoms with Crippen molar-refractivity contribution in [2.45, 2.75) is 31.0 Å². The molecule has 1 saturated heterocycles. The molecule has 1 aliphatic heterocycles. The van der Waals surface area contributed by atoms with E-state index in [2.05, 4.69) is 21.8 Å². The molecule has 1 saturated carbocycles. The molecule has 2 aliphatic rings. The summed E-state index contributed by atoms with van der Waals surface area (Å²) in [7, 11) is 3.40. The largest absolute Gasteiger partial charge is 0.492 e. The number of nitriles is 1. The van der Waals surface area contributed by atoms with E-state index in [1.54, 1.807) is 6.07 Å². The molecule has 2 heterocycles. The topological polar surface area (TPSA) is 75.9 Å². The summed E-state index contributed by atoms with van der Waals surface area (Å²) in [5, 5.41) is 9.03. The van der Waals surface area contributed by atoms with Gasteiger partial charge < -0.3 is 19.4 Å². The quantitative estimate of drug-likeness (QED) is 0.326. The smallest absolute Gasteiger partial charge is 0.419 e. The van der Waals surface area contributed by atoms with Gasteiger partial charge in [0.05, 0.1) is 28.6 Å². The Morgan fingerprint density at radius 2 is 1.95 bits per heavy atom. The molecule has 0 radical (unpaired) electrons. The molecule has 214 valence electrons. The van der Waals surface area contributed by atoms with Crippen LogP contribution in [0.1, 0.15) is 30.5 Å². The Labute approximate surface area is 235 Å². The number of likely N-dealkylation sites (N-methyl/N-ethyl adjacent to an activating group) is 2. The van der Waals surface area contributed by atoms with Crippen LogP contribution < -0.4 is 14.5 Å². The first-order valence-corrected chi connectivity index (χ1v) is 13.3. The maximum absolute atomic E-state index is 15.4. The van der Waals surface area contributed by atoms with Gasteiger partial charge in [-0.1, -0.05) is 12.2 Å². The Kier molecular flexibility index (Phi) is 8.92. The zero-order valence-electron chi connectivity index (χ0n) is 22.2. The number of hydrogen-bond donors (Lipinski definition) is 0. The third-order valence-corrected chi connectivity index (χ3v) is 7.78. The Morgan fingerprint density at radius 1 is 1.25 bits per heavy atom. The predicted octanol–water partition coefficient (Wildman–Crippen LogP) is 4.09. The van der Waals surface area contributed by atoms with Crippen molar-refractivity contribution in [1.82, 2.24) is 14.8 Å². The first-order valence-electron chi connectivity index (χ1n) is 12.8. The summed E-state index contributed by atoms with van der Waals surface area (Å²) < 4.78 is 61.6. The van der Waals surface area contributed by atoms with Gasteiger partial charge in [0.1, 0.15) is 24.0 Å². The summed E-state index contributed by atoms with van der Waals surface area (Å²) in [5.74, 6) is -0.861. The van der Waals surface area contributed by atoms with Gasteiger partial charge in [0.25, 0.3) is 5.91 Å². The average molecular weight is 579 g/mol. The van der Waals surface area contributed by atoms with Crippen molar-refractivity contribution in [3.8, 4) is 11.8 Å². The molecule has 1 aromatic heterocycles. The molecule has 0 unspecified atom stereocenters. The number of anilines is 2. The van der Waals surface area contributed by atoms with Crippen LogP contribution in [0.15, 0.2) is 30.5 Å². The van der Waals surface area contributed by atoms with Crippen LogP contribution in [-0.2, 0) is 11.0 Å². The Morgan fingerprint density at radius 3 is 2.50 bits per heavy atom. The van der Waals surface area contributed by atoms with Crippen LogP contribution in [0.2, 0.25) is 0 Å². The number of nitrogens with zero attached hydrogens (tertiary/aromatic N) is 6. The second-order valence-corrected chi connectivity index (χ2v) is 10.2. The number of carbonyl (C=O) groups is 1. The number of rotatable bonds is 9. The van der Waals surface area contributed by atoms with Gasteiger partial charge >= 0.3 is 6.18 Å². The molecule has 1 aromatic carbocycles. The zero-order valence-corrected chi connectivity index (χ0v) is 23.1. The Hall–Kier alpha value is -3.34. The standard InChI is InChI=1S/C27H30F4N6O2S/c1-34-8-10-36(11-9-34)12-13-39-20-4-5-24(22(28)15-20)37(18-40)26(6-3-7-26)25(38)35(2)19-14-21(27(29,30)31)23(16-32)33-17-19/h4-5,14-15,17-18H,3,6-13H2,1-2H3. The van der Waals surface area contributed by atoms with E-state index in [-0.39, 0.29) is 11.4 Å². The SMILES string of the molecule is CN1CCN(CCOc2ccc(N(C=S)C3(C(=O)N(C)c4cnc(C#N)c(C(F)(F)F)c4)CCC3)c(F)c2)CC1. The summed E-state index contributed by atoms with van der Waals surface area (Å²) in [6.07, 6.45) is -2.50. The number of hydrogen-bond acceptors (Lipinski definition) is 7. The number of ether oxygens (including phenoxy) is 1. The van der Waals surface area contributed by atoms with Crippen molar-refractivity contribution in [2.75, 3.05) is 63.2 Å². The van der Waals surface area contributed by atoms with Crippen molar-refractivity contribution in [3.63, 3.8) is 0 Å². The lowest BCUT2D eigenvalue weighted by molar-refractivity contribution is -0.138. The van der Waals surface area contributed by atoms with Crippen molar-refractivity contribution >= 4 is 35.0 Å². The molecule has 0 N–H and O–H groups in total. The minimum Gasteiger partial charge on any atom is -0.492 e.